The molecule has 0 aliphatic heterocycles. The second-order valence-corrected chi connectivity index (χ2v) is 6.36. The summed E-state index contributed by atoms with van der Waals surface area (Å²) in [6.07, 6.45) is 2.24. The summed E-state index contributed by atoms with van der Waals surface area (Å²) in [5.41, 5.74) is 1.30. The van der Waals surface area contributed by atoms with Crippen molar-refractivity contribution in [3.05, 3.63) is 47.5 Å². The van der Waals surface area contributed by atoms with E-state index in [1.165, 1.54) is 11.9 Å². The number of hydrogen-bond donors (Lipinski definition) is 3. The molecule has 2 aromatic rings. The van der Waals surface area contributed by atoms with Crippen LogP contribution >= 0.6 is 23.5 Å². The monoisotopic (exact) mass is 350 g/mol. The first-order valence-electron chi connectivity index (χ1n) is 7.40. The van der Waals surface area contributed by atoms with Crippen LogP contribution in [0.1, 0.15) is 26.2 Å². The van der Waals surface area contributed by atoms with Crippen LogP contribution < -0.4 is 10.0 Å². The summed E-state index contributed by atoms with van der Waals surface area (Å²) >= 11 is 7.32. The molecule has 0 radical (unpaired) electrons. The van der Waals surface area contributed by atoms with Crippen molar-refractivity contribution in [3.63, 3.8) is 0 Å². The van der Waals surface area contributed by atoms with Crippen LogP contribution in [0.25, 0.3) is 0 Å². The van der Waals surface area contributed by atoms with Crippen LogP contribution in [0.15, 0.2) is 47.4 Å². The van der Waals surface area contributed by atoms with Crippen LogP contribution in [0.4, 0.5) is 11.4 Å². The summed E-state index contributed by atoms with van der Waals surface area (Å²) in [6, 6.07) is 12.5. The van der Waals surface area contributed by atoms with Gasteiger partial charge in [0.25, 0.3) is 0 Å². The van der Waals surface area contributed by atoms with Gasteiger partial charge in [0.2, 0.25) is 5.91 Å². The smallest absolute Gasteiger partial charge is 0.224 e. The Labute approximate surface area is 145 Å². The van der Waals surface area contributed by atoms with Crippen molar-refractivity contribution in [3.8, 4) is 5.75 Å². The summed E-state index contributed by atoms with van der Waals surface area (Å²) in [5.74, 6) is -0.0333. The van der Waals surface area contributed by atoms with Crippen molar-refractivity contribution < 1.29 is 9.90 Å². The third-order valence-electron chi connectivity index (χ3n) is 3.11. The number of nitrogens with one attached hydrogen (secondary N) is 2. The molecule has 3 N–H and O–H groups in total. The van der Waals surface area contributed by atoms with Gasteiger partial charge in [-0.05, 0) is 54.8 Å². The van der Waals surface area contributed by atoms with E-state index in [-0.39, 0.29) is 11.7 Å². The van der Waals surface area contributed by atoms with Gasteiger partial charge >= 0.3 is 0 Å². The van der Waals surface area contributed by atoms with Crippen LogP contribution in [0.3, 0.4) is 0 Å². The summed E-state index contributed by atoms with van der Waals surface area (Å²) in [4.78, 5) is 12.7. The highest BCUT2D eigenvalue weighted by molar-refractivity contribution is 8.00. The van der Waals surface area contributed by atoms with Crippen LogP contribution in [-0.4, -0.2) is 11.0 Å². The van der Waals surface area contributed by atoms with Gasteiger partial charge in [0.1, 0.15) is 5.75 Å². The lowest BCUT2D eigenvalue weighted by atomic mass is 10.2. The van der Waals surface area contributed by atoms with E-state index in [2.05, 4.69) is 10.0 Å². The summed E-state index contributed by atoms with van der Waals surface area (Å²) < 4.78 is 3.17. The molecule has 2 aromatic carbocycles. The van der Waals surface area contributed by atoms with Crippen molar-refractivity contribution in [1.29, 1.82) is 0 Å². The lowest BCUT2D eigenvalue weighted by molar-refractivity contribution is -0.116. The fourth-order valence-corrected chi connectivity index (χ4v) is 2.76. The summed E-state index contributed by atoms with van der Waals surface area (Å²) in [5, 5.41) is 13.3. The second kappa shape index (κ2) is 8.70. The van der Waals surface area contributed by atoms with E-state index >= 15 is 0 Å². The lowest BCUT2D eigenvalue weighted by Gasteiger charge is -2.10. The van der Waals surface area contributed by atoms with E-state index in [0.29, 0.717) is 17.1 Å². The molecule has 2 rings (SSSR count). The number of unbranched alkanes of at least 4 members (excludes halogenated alkanes) is 1. The number of halogens is 1. The predicted octanol–water partition coefficient (Wildman–Crippen LogP) is 5.29. The van der Waals surface area contributed by atoms with Crippen molar-refractivity contribution >= 4 is 40.8 Å². The molecule has 0 bridgehead atoms. The molecule has 0 unspecified atom stereocenters. The van der Waals surface area contributed by atoms with Crippen molar-refractivity contribution in [2.24, 2.45) is 0 Å². The third kappa shape index (κ3) is 5.69. The highest BCUT2D eigenvalue weighted by Gasteiger charge is 2.08. The Kier molecular flexibility index (Phi) is 6.62. The van der Waals surface area contributed by atoms with Gasteiger partial charge in [-0.1, -0.05) is 31.0 Å². The normalized spacial score (nSPS) is 10.3. The number of aromatic hydroxyl groups is 1. The molecule has 0 saturated heterocycles. The lowest BCUT2D eigenvalue weighted by Crippen LogP contribution is -2.11. The Morgan fingerprint density at radius 3 is 2.83 bits per heavy atom. The molecule has 1 amide bonds. The van der Waals surface area contributed by atoms with E-state index in [1.54, 1.807) is 18.2 Å². The molecule has 122 valence electrons. The van der Waals surface area contributed by atoms with Gasteiger partial charge < -0.3 is 15.1 Å². The standard InChI is InChI=1S/C17H19ClN2O2S/c1-2-3-7-17(22)19-15-11-14(8-9-16(15)21)23-20-13-6-4-5-12(18)10-13/h4-6,8-11,20-21H,2-3,7H2,1H3,(H,19,22). The van der Waals surface area contributed by atoms with Crippen molar-refractivity contribution in [2.45, 2.75) is 31.1 Å². The van der Waals surface area contributed by atoms with Gasteiger partial charge in [0, 0.05) is 22.0 Å². The van der Waals surface area contributed by atoms with Crippen LogP contribution in [0.2, 0.25) is 5.02 Å². The minimum Gasteiger partial charge on any atom is -0.506 e. The maximum absolute atomic E-state index is 11.8. The zero-order valence-electron chi connectivity index (χ0n) is 12.8. The average Bonchev–Trinajstić information content (AvgIpc) is 2.54. The largest absolute Gasteiger partial charge is 0.506 e. The Hall–Kier alpha value is -1.85. The molecule has 6 heteroatoms. The number of phenols is 1. The first-order chi connectivity index (χ1) is 11.1. The number of anilines is 2. The van der Waals surface area contributed by atoms with E-state index < -0.39 is 0 Å². The highest BCUT2D eigenvalue weighted by Crippen LogP contribution is 2.30. The Balaban J connectivity index is 2.00. The van der Waals surface area contributed by atoms with Gasteiger partial charge in [0.15, 0.2) is 0 Å². The maximum atomic E-state index is 11.8. The third-order valence-corrected chi connectivity index (χ3v) is 4.17. The zero-order chi connectivity index (χ0) is 16.7. The van der Waals surface area contributed by atoms with E-state index in [9.17, 15) is 9.90 Å². The summed E-state index contributed by atoms with van der Waals surface area (Å²) in [7, 11) is 0. The molecular formula is C17H19ClN2O2S. The number of rotatable bonds is 7. The minimum atomic E-state index is -0.0906. The second-order valence-electron chi connectivity index (χ2n) is 5.05. The van der Waals surface area contributed by atoms with Crippen molar-refractivity contribution in [2.75, 3.05) is 10.0 Å². The Morgan fingerprint density at radius 2 is 2.09 bits per heavy atom. The van der Waals surface area contributed by atoms with Gasteiger partial charge in [-0.15, -0.1) is 0 Å². The fourth-order valence-electron chi connectivity index (χ4n) is 1.90. The number of benzene rings is 2. The fraction of sp³-hybridized carbons (Fsp3) is 0.235. The number of amides is 1. The van der Waals surface area contributed by atoms with Gasteiger partial charge in [-0.3, -0.25) is 4.79 Å². The number of phenolic OH excluding ortho intramolecular Hbond substituents is 1. The van der Waals surface area contributed by atoms with Crippen LogP contribution in [0, 0.1) is 0 Å². The van der Waals surface area contributed by atoms with Gasteiger partial charge in [-0.25, -0.2) is 0 Å². The first kappa shape index (κ1) is 17.5. The topological polar surface area (TPSA) is 61.4 Å². The molecule has 0 aliphatic carbocycles. The molecule has 4 nitrogen and oxygen atoms in total. The molecule has 0 aliphatic rings. The Bertz CT molecular complexity index is 679. The van der Waals surface area contributed by atoms with Crippen molar-refractivity contribution in [1.82, 2.24) is 0 Å². The molecular weight excluding hydrogens is 332 g/mol. The maximum Gasteiger partial charge on any atom is 0.224 e. The average molecular weight is 351 g/mol. The molecule has 0 heterocycles. The zero-order valence-corrected chi connectivity index (χ0v) is 14.4. The molecule has 0 aromatic heterocycles. The predicted molar refractivity (Wildman–Crippen MR) is 97.2 cm³/mol. The number of hydrogen-bond acceptors (Lipinski definition) is 4. The van der Waals surface area contributed by atoms with Crippen LogP contribution in [0.5, 0.6) is 5.75 Å². The van der Waals surface area contributed by atoms with Gasteiger partial charge in [-0.2, -0.15) is 0 Å². The number of carbonyl (C=O) groups is 1. The minimum absolute atomic E-state index is 0.0574. The SMILES string of the molecule is CCCCC(=O)Nc1cc(SNc2cccc(Cl)c2)ccc1O. The number of carbonyl (C=O) groups excluding carboxylic acids is 1. The molecule has 0 fully saturated rings. The first-order valence-corrected chi connectivity index (χ1v) is 8.59. The molecule has 0 saturated carbocycles. The quantitative estimate of drug-likeness (QED) is 0.468. The van der Waals surface area contributed by atoms with E-state index in [4.69, 9.17) is 11.6 Å². The van der Waals surface area contributed by atoms with Gasteiger partial charge in [0.05, 0.1) is 5.69 Å². The van der Waals surface area contributed by atoms with E-state index in [1.807, 2.05) is 31.2 Å². The highest BCUT2D eigenvalue weighted by atomic mass is 35.5. The van der Waals surface area contributed by atoms with Crippen LogP contribution in [-0.2, 0) is 4.79 Å². The molecule has 23 heavy (non-hydrogen) atoms. The van der Waals surface area contributed by atoms with E-state index in [0.717, 1.165) is 23.4 Å². The Morgan fingerprint density at radius 1 is 1.26 bits per heavy atom. The molecule has 0 spiro atoms. The summed E-state index contributed by atoms with van der Waals surface area (Å²) in [6.45, 7) is 2.03. The molecule has 0 atom stereocenters.